The number of guanidine groups is 2. The van der Waals surface area contributed by atoms with Gasteiger partial charge in [0, 0.05) is 31.0 Å². The number of aliphatic hydroxyl groups excluding tert-OH is 1. The molecule has 0 aliphatic carbocycles. The third kappa shape index (κ3) is 5.92. The van der Waals surface area contributed by atoms with Crippen molar-refractivity contribution in [3.8, 4) is 0 Å². The maximum Gasteiger partial charge on any atom is 0.225 e. The number of benzene rings is 1. The second-order valence-corrected chi connectivity index (χ2v) is 5.37. The van der Waals surface area contributed by atoms with E-state index in [0.717, 1.165) is 24.3 Å². The Labute approximate surface area is 147 Å². The van der Waals surface area contributed by atoms with Gasteiger partial charge in [0.05, 0.1) is 6.61 Å². The fraction of sp³-hybridized carbons (Fsp3) is 0.353. The number of dihydropyridines is 1. The molecule has 1 aliphatic heterocycles. The molecule has 1 aliphatic rings. The highest BCUT2D eigenvalue weighted by molar-refractivity contribution is 6.06. The minimum atomic E-state index is 0.0482. The Hall–Kier alpha value is -2.87. The number of anilines is 2. The Morgan fingerprint density at radius 1 is 1.32 bits per heavy atom. The van der Waals surface area contributed by atoms with E-state index >= 15 is 0 Å². The second kappa shape index (κ2) is 9.43. The van der Waals surface area contributed by atoms with Crippen molar-refractivity contribution in [3.05, 3.63) is 36.4 Å². The van der Waals surface area contributed by atoms with Crippen LogP contribution in [0.15, 0.2) is 51.4 Å². The zero-order chi connectivity index (χ0) is 18.1. The fourth-order valence-electron chi connectivity index (χ4n) is 2.36. The highest BCUT2D eigenvalue weighted by atomic mass is 16.3. The molecule has 0 atom stereocenters. The Bertz CT molecular complexity index is 677. The average molecular weight is 343 g/mol. The molecular formula is C17H25N7O. The van der Waals surface area contributed by atoms with Crippen LogP contribution in [0.25, 0.3) is 0 Å². The monoisotopic (exact) mass is 343 g/mol. The molecule has 0 saturated carbocycles. The lowest BCUT2D eigenvalue weighted by Gasteiger charge is -2.22. The molecule has 0 saturated heterocycles. The molecule has 25 heavy (non-hydrogen) atoms. The highest BCUT2D eigenvalue weighted by Crippen LogP contribution is 2.17. The number of aliphatic hydroxyl groups is 1. The summed E-state index contributed by atoms with van der Waals surface area (Å²) < 4.78 is 0. The molecule has 1 aromatic rings. The van der Waals surface area contributed by atoms with Crippen molar-refractivity contribution in [3.63, 3.8) is 0 Å². The number of hydrogen-bond acceptors (Lipinski definition) is 4. The standard InChI is InChI=1S/C17H25N7O/c1-2-24(11-12-25)14-8-6-13(7-9-14)21-16(18)23-17(19)22-15-5-3-4-10-20-15/h3,5-9,25H,2,4,10-12H2,1H3,(H5,18,19,20,21,22,23). The number of likely N-dealkylation sites (N-methyl/N-ethyl adjacent to an activating group) is 1. The Morgan fingerprint density at radius 2 is 2.08 bits per heavy atom. The first-order valence-electron chi connectivity index (χ1n) is 8.24. The topological polar surface area (TPSA) is 125 Å². The lowest BCUT2D eigenvalue weighted by Crippen LogP contribution is -2.27. The number of nitrogens with two attached hydrogens (primary N) is 2. The van der Waals surface area contributed by atoms with Gasteiger partial charge < -0.3 is 26.8 Å². The van der Waals surface area contributed by atoms with E-state index in [1.165, 1.54) is 0 Å². The number of rotatable bonds is 5. The molecule has 8 nitrogen and oxygen atoms in total. The number of nitrogens with one attached hydrogen (secondary N) is 1. The predicted molar refractivity (Wildman–Crippen MR) is 104 cm³/mol. The van der Waals surface area contributed by atoms with Crippen LogP contribution in [0.1, 0.15) is 13.3 Å². The smallest absolute Gasteiger partial charge is 0.225 e. The van der Waals surface area contributed by atoms with Crippen molar-refractivity contribution in [1.82, 2.24) is 0 Å². The van der Waals surface area contributed by atoms with E-state index in [2.05, 4.69) is 25.2 Å². The molecule has 0 aromatic heterocycles. The summed E-state index contributed by atoms with van der Waals surface area (Å²) in [6.07, 6.45) is 4.71. The number of amidine groups is 1. The van der Waals surface area contributed by atoms with Gasteiger partial charge in [0.2, 0.25) is 11.9 Å². The van der Waals surface area contributed by atoms with Gasteiger partial charge in [0.25, 0.3) is 0 Å². The van der Waals surface area contributed by atoms with Gasteiger partial charge in [-0.25, -0.2) is 0 Å². The molecule has 134 valence electrons. The second-order valence-electron chi connectivity index (χ2n) is 5.37. The molecule has 0 amide bonds. The van der Waals surface area contributed by atoms with Gasteiger partial charge in [0.15, 0.2) is 5.84 Å². The molecule has 0 spiro atoms. The van der Waals surface area contributed by atoms with E-state index in [-0.39, 0.29) is 18.5 Å². The molecule has 2 rings (SSSR count). The van der Waals surface area contributed by atoms with Gasteiger partial charge in [0.1, 0.15) is 0 Å². The molecule has 0 unspecified atom stereocenters. The molecule has 0 fully saturated rings. The van der Waals surface area contributed by atoms with E-state index in [4.69, 9.17) is 16.6 Å². The summed E-state index contributed by atoms with van der Waals surface area (Å²) in [4.78, 5) is 14.4. The van der Waals surface area contributed by atoms with Crippen molar-refractivity contribution in [1.29, 1.82) is 0 Å². The lowest BCUT2D eigenvalue weighted by molar-refractivity contribution is 0.302. The van der Waals surface area contributed by atoms with Crippen LogP contribution in [0.5, 0.6) is 0 Å². The minimum absolute atomic E-state index is 0.0482. The summed E-state index contributed by atoms with van der Waals surface area (Å²) in [5.41, 5.74) is 13.4. The van der Waals surface area contributed by atoms with Gasteiger partial charge in [-0.05, 0) is 43.7 Å². The highest BCUT2D eigenvalue weighted by Gasteiger charge is 2.04. The maximum absolute atomic E-state index is 9.08. The molecule has 6 N–H and O–H groups in total. The van der Waals surface area contributed by atoms with Crippen molar-refractivity contribution in [2.45, 2.75) is 13.3 Å². The van der Waals surface area contributed by atoms with Crippen LogP contribution in [0, 0.1) is 0 Å². The quantitative estimate of drug-likeness (QED) is 0.467. The van der Waals surface area contributed by atoms with Crippen LogP contribution < -0.4 is 21.7 Å². The Kier molecular flexibility index (Phi) is 6.97. The number of aliphatic imine (C=N–C) groups is 3. The number of hydrogen-bond donors (Lipinski definition) is 4. The normalized spacial score (nSPS) is 15.0. The van der Waals surface area contributed by atoms with E-state index in [9.17, 15) is 0 Å². The Balaban J connectivity index is 1.99. The van der Waals surface area contributed by atoms with Crippen LogP contribution in [-0.4, -0.2) is 49.1 Å². The first-order valence-corrected chi connectivity index (χ1v) is 8.24. The third-order valence-corrected chi connectivity index (χ3v) is 3.56. The molecule has 0 bridgehead atoms. The third-order valence-electron chi connectivity index (χ3n) is 3.56. The largest absolute Gasteiger partial charge is 0.395 e. The van der Waals surface area contributed by atoms with Crippen molar-refractivity contribution in [2.24, 2.45) is 26.4 Å². The van der Waals surface area contributed by atoms with Crippen LogP contribution >= 0.6 is 0 Å². The van der Waals surface area contributed by atoms with Gasteiger partial charge in [-0.15, -0.1) is 0 Å². The predicted octanol–water partition coefficient (Wildman–Crippen LogP) is 0.905. The summed E-state index contributed by atoms with van der Waals surface area (Å²) in [7, 11) is 0. The van der Waals surface area contributed by atoms with Gasteiger partial charge in [-0.1, -0.05) is 6.08 Å². The fourth-order valence-corrected chi connectivity index (χ4v) is 2.36. The first kappa shape index (κ1) is 18.5. The number of nitrogens with zero attached hydrogens (tertiary/aromatic N) is 4. The molecule has 1 aromatic carbocycles. The van der Waals surface area contributed by atoms with E-state index in [0.29, 0.717) is 18.9 Å². The summed E-state index contributed by atoms with van der Waals surface area (Å²) in [6, 6.07) is 7.68. The van der Waals surface area contributed by atoms with Crippen molar-refractivity contribution < 1.29 is 5.11 Å². The molecule has 1 heterocycles. The lowest BCUT2D eigenvalue weighted by atomic mass is 10.2. The van der Waals surface area contributed by atoms with Crippen LogP contribution in [-0.2, 0) is 0 Å². The minimum Gasteiger partial charge on any atom is -0.395 e. The van der Waals surface area contributed by atoms with Gasteiger partial charge in [-0.2, -0.15) is 9.98 Å². The van der Waals surface area contributed by atoms with E-state index < -0.39 is 0 Å². The van der Waals surface area contributed by atoms with Crippen LogP contribution in [0.4, 0.5) is 11.4 Å². The summed E-state index contributed by atoms with van der Waals surface area (Å²) in [5, 5.41) is 12.0. The summed E-state index contributed by atoms with van der Waals surface area (Å²) >= 11 is 0. The molecule has 0 radical (unpaired) electrons. The van der Waals surface area contributed by atoms with E-state index in [1.807, 2.05) is 37.3 Å². The molecule has 8 heteroatoms. The first-order chi connectivity index (χ1) is 12.1. The zero-order valence-electron chi connectivity index (χ0n) is 14.4. The SMILES string of the molecule is CCN(CCO)c1ccc(NC(N)=NC(N)=NC2=NCCC=C2)cc1. The Morgan fingerprint density at radius 3 is 2.68 bits per heavy atom. The van der Waals surface area contributed by atoms with Gasteiger partial charge >= 0.3 is 0 Å². The summed E-state index contributed by atoms with van der Waals surface area (Å²) in [5.74, 6) is 0.748. The van der Waals surface area contributed by atoms with Crippen molar-refractivity contribution in [2.75, 3.05) is 36.5 Å². The van der Waals surface area contributed by atoms with Crippen LogP contribution in [0.2, 0.25) is 0 Å². The average Bonchev–Trinajstić information content (AvgIpc) is 2.61. The maximum atomic E-state index is 9.08. The van der Waals surface area contributed by atoms with E-state index in [1.54, 1.807) is 6.08 Å². The van der Waals surface area contributed by atoms with Crippen molar-refractivity contribution >= 4 is 29.1 Å². The zero-order valence-corrected chi connectivity index (χ0v) is 14.4. The van der Waals surface area contributed by atoms with Crippen LogP contribution in [0.3, 0.4) is 0 Å². The summed E-state index contributed by atoms with van der Waals surface area (Å²) in [6.45, 7) is 4.28. The molecular weight excluding hydrogens is 318 g/mol. The van der Waals surface area contributed by atoms with Gasteiger partial charge in [-0.3, -0.25) is 4.99 Å².